The lowest BCUT2D eigenvalue weighted by Crippen LogP contribution is -2.33. The maximum absolute atomic E-state index is 12.7. The van der Waals surface area contributed by atoms with Crippen molar-refractivity contribution < 1.29 is 9.53 Å². The van der Waals surface area contributed by atoms with E-state index in [9.17, 15) is 4.79 Å². The van der Waals surface area contributed by atoms with Crippen molar-refractivity contribution in [2.24, 2.45) is 0 Å². The maximum Gasteiger partial charge on any atom is 0.222 e. The zero-order valence-corrected chi connectivity index (χ0v) is 15.9. The van der Waals surface area contributed by atoms with Crippen LogP contribution >= 0.6 is 11.3 Å². The summed E-state index contributed by atoms with van der Waals surface area (Å²) in [4.78, 5) is 19.2. The Kier molecular flexibility index (Phi) is 6.75. The number of nitrogens with zero attached hydrogens (tertiary/aromatic N) is 2. The molecular formula is C21H24N2O2S. The molecule has 1 heterocycles. The number of hydrogen-bond donors (Lipinski definition) is 0. The van der Waals surface area contributed by atoms with Gasteiger partial charge in [-0.05, 0) is 30.5 Å². The molecule has 136 valence electrons. The summed E-state index contributed by atoms with van der Waals surface area (Å²) in [7, 11) is 1.66. The van der Waals surface area contributed by atoms with E-state index in [0.717, 1.165) is 28.9 Å². The molecule has 3 aromatic rings. The molecule has 2 aromatic carbocycles. The number of aryl methyl sites for hydroxylation is 1. The molecule has 4 nitrogen and oxygen atoms in total. The van der Waals surface area contributed by atoms with Crippen LogP contribution in [0.25, 0.3) is 10.2 Å². The van der Waals surface area contributed by atoms with Gasteiger partial charge in [0.15, 0.2) is 0 Å². The molecular weight excluding hydrogens is 344 g/mol. The smallest absolute Gasteiger partial charge is 0.222 e. The standard InChI is InChI=1S/C21H24N2O2S/c1-25-15-14-23(16-17-8-3-2-4-9-17)21(24)13-7-12-20-22-18-10-5-6-11-19(18)26-20/h2-6,8-11H,7,12-16H2,1H3. The zero-order chi connectivity index (χ0) is 18.2. The molecule has 0 aliphatic heterocycles. The van der Waals surface area contributed by atoms with E-state index in [1.807, 2.05) is 53.4 Å². The summed E-state index contributed by atoms with van der Waals surface area (Å²) < 4.78 is 6.37. The minimum Gasteiger partial charge on any atom is -0.383 e. The van der Waals surface area contributed by atoms with Crippen LogP contribution < -0.4 is 0 Å². The van der Waals surface area contributed by atoms with Gasteiger partial charge in [-0.2, -0.15) is 0 Å². The molecule has 3 rings (SSSR count). The second kappa shape index (κ2) is 9.46. The Morgan fingerprint density at radius 3 is 2.65 bits per heavy atom. The first-order valence-electron chi connectivity index (χ1n) is 8.91. The number of hydrogen-bond acceptors (Lipinski definition) is 4. The number of methoxy groups -OCH3 is 1. The van der Waals surface area contributed by atoms with Crippen molar-refractivity contribution in [1.29, 1.82) is 0 Å². The van der Waals surface area contributed by atoms with Gasteiger partial charge in [-0.3, -0.25) is 4.79 Å². The fraction of sp³-hybridized carbons (Fsp3) is 0.333. The average molecular weight is 369 g/mol. The molecule has 0 unspecified atom stereocenters. The van der Waals surface area contributed by atoms with E-state index in [1.165, 1.54) is 4.70 Å². The van der Waals surface area contributed by atoms with Gasteiger partial charge >= 0.3 is 0 Å². The van der Waals surface area contributed by atoms with Crippen molar-refractivity contribution in [2.75, 3.05) is 20.3 Å². The van der Waals surface area contributed by atoms with Gasteiger partial charge in [0.05, 0.1) is 21.8 Å². The van der Waals surface area contributed by atoms with Gasteiger partial charge in [-0.1, -0.05) is 42.5 Å². The fourth-order valence-corrected chi connectivity index (χ4v) is 3.88. The zero-order valence-electron chi connectivity index (χ0n) is 15.1. The number of carbonyl (C=O) groups excluding carboxylic acids is 1. The second-order valence-electron chi connectivity index (χ2n) is 6.22. The molecule has 0 spiro atoms. The van der Waals surface area contributed by atoms with Gasteiger partial charge in [-0.15, -0.1) is 11.3 Å². The number of aromatic nitrogens is 1. The van der Waals surface area contributed by atoms with Crippen molar-refractivity contribution >= 4 is 27.5 Å². The minimum atomic E-state index is 0.173. The van der Waals surface area contributed by atoms with Crippen molar-refractivity contribution in [1.82, 2.24) is 9.88 Å². The number of benzene rings is 2. The number of rotatable bonds is 9. The molecule has 1 amide bonds. The number of fused-ring (bicyclic) bond motifs is 1. The molecule has 1 aromatic heterocycles. The molecule has 0 atom stereocenters. The van der Waals surface area contributed by atoms with E-state index in [0.29, 0.717) is 26.1 Å². The third kappa shape index (κ3) is 5.13. The predicted octanol–water partition coefficient (Wildman–Crippen LogP) is 4.29. The molecule has 0 N–H and O–H groups in total. The Morgan fingerprint density at radius 1 is 1.12 bits per heavy atom. The lowest BCUT2D eigenvalue weighted by Gasteiger charge is -2.22. The fourth-order valence-electron chi connectivity index (χ4n) is 2.87. The Bertz CT molecular complexity index is 799. The second-order valence-corrected chi connectivity index (χ2v) is 7.34. The number of thiazole rings is 1. The van der Waals surface area contributed by atoms with Crippen molar-refractivity contribution in [3.8, 4) is 0 Å². The van der Waals surface area contributed by atoms with E-state index < -0.39 is 0 Å². The highest BCUT2D eigenvalue weighted by atomic mass is 32.1. The molecule has 5 heteroatoms. The Morgan fingerprint density at radius 2 is 1.88 bits per heavy atom. The summed E-state index contributed by atoms with van der Waals surface area (Å²) in [6.07, 6.45) is 2.19. The molecule has 0 bridgehead atoms. The van der Waals surface area contributed by atoms with Crippen LogP contribution in [0.4, 0.5) is 0 Å². The van der Waals surface area contributed by atoms with Gasteiger partial charge in [0.2, 0.25) is 5.91 Å². The van der Waals surface area contributed by atoms with Crippen molar-refractivity contribution in [2.45, 2.75) is 25.8 Å². The molecule has 0 aliphatic rings. The van der Waals surface area contributed by atoms with Crippen LogP contribution in [0.1, 0.15) is 23.4 Å². The SMILES string of the molecule is COCCN(Cc1ccccc1)C(=O)CCCc1nc2ccccc2s1. The summed E-state index contributed by atoms with van der Waals surface area (Å²) in [6.45, 7) is 1.80. The largest absolute Gasteiger partial charge is 0.383 e. The number of ether oxygens (including phenoxy) is 1. The molecule has 0 radical (unpaired) electrons. The maximum atomic E-state index is 12.7. The summed E-state index contributed by atoms with van der Waals surface area (Å²) in [5.41, 5.74) is 2.19. The van der Waals surface area contributed by atoms with Gasteiger partial charge < -0.3 is 9.64 Å². The van der Waals surface area contributed by atoms with Gasteiger partial charge in [0, 0.05) is 26.6 Å². The molecule has 0 saturated heterocycles. The van der Waals surface area contributed by atoms with E-state index in [4.69, 9.17) is 4.74 Å². The first kappa shape index (κ1) is 18.5. The van der Waals surface area contributed by atoms with Gasteiger partial charge in [-0.25, -0.2) is 4.98 Å². The van der Waals surface area contributed by atoms with E-state index in [-0.39, 0.29) is 5.91 Å². The molecule has 0 aliphatic carbocycles. The summed E-state index contributed by atoms with van der Waals surface area (Å²) in [5, 5.41) is 1.10. The quantitative estimate of drug-likeness (QED) is 0.566. The third-order valence-corrected chi connectivity index (χ3v) is 5.35. The number of carbonyl (C=O) groups is 1. The Hall–Kier alpha value is -2.24. The molecule has 26 heavy (non-hydrogen) atoms. The van der Waals surface area contributed by atoms with Crippen LogP contribution in [0.15, 0.2) is 54.6 Å². The van der Waals surface area contributed by atoms with Crippen molar-refractivity contribution in [3.05, 3.63) is 65.2 Å². The third-order valence-electron chi connectivity index (χ3n) is 4.25. The van der Waals surface area contributed by atoms with Crippen LogP contribution in [0, 0.1) is 0 Å². The Labute approximate surface area is 158 Å². The van der Waals surface area contributed by atoms with Gasteiger partial charge in [0.25, 0.3) is 0 Å². The summed E-state index contributed by atoms with van der Waals surface area (Å²) in [5.74, 6) is 0.173. The van der Waals surface area contributed by atoms with Gasteiger partial charge in [0.1, 0.15) is 0 Å². The van der Waals surface area contributed by atoms with Crippen molar-refractivity contribution in [3.63, 3.8) is 0 Å². The first-order valence-corrected chi connectivity index (χ1v) is 9.73. The van der Waals surface area contributed by atoms with Crippen LogP contribution in [0.5, 0.6) is 0 Å². The van der Waals surface area contributed by atoms with E-state index >= 15 is 0 Å². The average Bonchev–Trinajstić information content (AvgIpc) is 3.08. The van der Waals surface area contributed by atoms with Crippen LogP contribution in [-0.4, -0.2) is 36.1 Å². The normalized spacial score (nSPS) is 11.0. The topological polar surface area (TPSA) is 42.4 Å². The highest BCUT2D eigenvalue weighted by Gasteiger charge is 2.14. The van der Waals surface area contributed by atoms with Crippen LogP contribution in [-0.2, 0) is 22.5 Å². The number of para-hydroxylation sites is 1. The van der Waals surface area contributed by atoms with Crippen LogP contribution in [0.3, 0.4) is 0 Å². The molecule has 0 fully saturated rings. The van der Waals surface area contributed by atoms with E-state index in [1.54, 1.807) is 18.4 Å². The van der Waals surface area contributed by atoms with Crippen LogP contribution in [0.2, 0.25) is 0 Å². The molecule has 0 saturated carbocycles. The predicted molar refractivity (Wildman–Crippen MR) is 106 cm³/mol. The minimum absolute atomic E-state index is 0.173. The lowest BCUT2D eigenvalue weighted by molar-refractivity contribution is -0.132. The summed E-state index contributed by atoms with van der Waals surface area (Å²) in [6, 6.07) is 18.3. The monoisotopic (exact) mass is 368 g/mol. The highest BCUT2D eigenvalue weighted by Crippen LogP contribution is 2.22. The summed E-state index contributed by atoms with van der Waals surface area (Å²) >= 11 is 1.72. The van der Waals surface area contributed by atoms with E-state index in [2.05, 4.69) is 11.1 Å². The lowest BCUT2D eigenvalue weighted by atomic mass is 10.2. The number of amides is 1. The first-order chi connectivity index (χ1) is 12.8. The highest BCUT2D eigenvalue weighted by molar-refractivity contribution is 7.18. The Balaban J connectivity index is 1.54.